The summed E-state index contributed by atoms with van der Waals surface area (Å²) in [5.41, 5.74) is 0.204. The van der Waals surface area contributed by atoms with Crippen LogP contribution in [-0.4, -0.2) is 41.7 Å². The van der Waals surface area contributed by atoms with Crippen molar-refractivity contribution in [1.82, 2.24) is 0 Å². The highest BCUT2D eigenvalue weighted by Crippen LogP contribution is 2.62. The van der Waals surface area contributed by atoms with Crippen molar-refractivity contribution in [2.45, 2.75) is 61.0 Å². The molecule has 1 rings (SSSR count). The molecule has 0 aliphatic carbocycles. The summed E-state index contributed by atoms with van der Waals surface area (Å²) in [6, 6.07) is 6.73. The van der Waals surface area contributed by atoms with Crippen LogP contribution in [-0.2, 0) is 6.42 Å². The number of aryl methyl sites for hydroxylation is 1. The molecule has 0 saturated carbocycles. The van der Waals surface area contributed by atoms with Gasteiger partial charge >= 0.3 is 41.7 Å². The zero-order valence-corrected chi connectivity index (χ0v) is 14.7. The highest BCUT2D eigenvalue weighted by molar-refractivity contribution is 5.15. The molecule has 0 fully saturated rings. The van der Waals surface area contributed by atoms with E-state index < -0.39 is 61.0 Å². The second-order valence-electron chi connectivity index (χ2n) is 6.41. The van der Waals surface area contributed by atoms with Gasteiger partial charge in [0.15, 0.2) is 0 Å². The van der Waals surface area contributed by atoms with E-state index in [0.29, 0.717) is 0 Å². The average Bonchev–Trinajstić information content (AvgIpc) is 2.60. The first-order valence-electron chi connectivity index (χ1n) is 7.95. The first-order chi connectivity index (χ1) is 13.6. The van der Waals surface area contributed by atoms with Crippen LogP contribution in [0.2, 0.25) is 0 Å². The Kier molecular flexibility index (Phi) is 6.97. The fourth-order valence-electron chi connectivity index (χ4n) is 2.32. The van der Waals surface area contributed by atoms with E-state index in [1.54, 1.807) is 0 Å². The van der Waals surface area contributed by atoms with Gasteiger partial charge in [0.1, 0.15) is 0 Å². The highest BCUT2D eigenvalue weighted by Gasteiger charge is 2.93. The van der Waals surface area contributed by atoms with E-state index in [4.69, 9.17) is 0 Å². The SMILES string of the molecule is FC(F)(F)C(F)(F)C(F)(F)C(F)(F)C(F)(F)C(F)(F)C(F)(F)CCCc1ccccc1. The number of halogens is 15. The predicted octanol–water partition coefficient (Wildman–Crippen LogP) is 7.38. The summed E-state index contributed by atoms with van der Waals surface area (Å²) in [6.07, 6.45) is -11.5. The van der Waals surface area contributed by atoms with E-state index in [0.717, 1.165) is 0 Å². The monoisotopic (exact) mass is 488 g/mol. The van der Waals surface area contributed by atoms with E-state index in [-0.39, 0.29) is 5.56 Å². The number of rotatable bonds is 9. The van der Waals surface area contributed by atoms with Gasteiger partial charge in [-0.1, -0.05) is 30.3 Å². The summed E-state index contributed by atoms with van der Waals surface area (Å²) in [6.45, 7) is 0. The molecular formula is C16H11F15. The summed E-state index contributed by atoms with van der Waals surface area (Å²) in [5, 5.41) is 0. The fourth-order valence-corrected chi connectivity index (χ4v) is 2.32. The molecule has 1 aromatic carbocycles. The van der Waals surface area contributed by atoms with Crippen molar-refractivity contribution < 1.29 is 65.9 Å². The normalized spacial score (nSPS) is 15.3. The van der Waals surface area contributed by atoms with Gasteiger partial charge in [-0.25, -0.2) is 0 Å². The first kappa shape index (κ1) is 27.2. The van der Waals surface area contributed by atoms with E-state index >= 15 is 0 Å². The van der Waals surface area contributed by atoms with Gasteiger partial charge in [0.25, 0.3) is 0 Å². The standard InChI is InChI=1S/C16H11F15/c17-10(18,8-4-7-9-5-2-1-3-6-9)11(19,20)12(21,22)13(23,24)14(25,26)15(27,28)16(29,30)31/h1-3,5-6H,4,7-8H2. The molecule has 0 bridgehead atoms. The molecule has 0 amide bonds. The van der Waals surface area contributed by atoms with E-state index in [1.807, 2.05) is 0 Å². The quantitative estimate of drug-likeness (QED) is 0.318. The molecule has 0 unspecified atom stereocenters. The van der Waals surface area contributed by atoms with E-state index in [9.17, 15) is 65.9 Å². The van der Waals surface area contributed by atoms with Crippen LogP contribution >= 0.6 is 0 Å². The fraction of sp³-hybridized carbons (Fsp3) is 0.625. The summed E-state index contributed by atoms with van der Waals surface area (Å²) in [4.78, 5) is 0. The predicted molar refractivity (Wildman–Crippen MR) is 75.1 cm³/mol. The maximum atomic E-state index is 13.6. The van der Waals surface area contributed by atoms with Gasteiger partial charge in [-0.05, 0) is 18.4 Å². The van der Waals surface area contributed by atoms with Gasteiger partial charge in [-0.3, -0.25) is 0 Å². The third-order valence-corrected chi connectivity index (χ3v) is 4.19. The number of hydrogen-bond acceptors (Lipinski definition) is 0. The molecular weight excluding hydrogens is 477 g/mol. The second-order valence-corrected chi connectivity index (χ2v) is 6.41. The third-order valence-electron chi connectivity index (χ3n) is 4.19. The molecule has 0 aliphatic rings. The van der Waals surface area contributed by atoms with Crippen LogP contribution in [0.3, 0.4) is 0 Å². The lowest BCUT2D eigenvalue weighted by Crippen LogP contribution is -2.72. The van der Waals surface area contributed by atoms with Crippen LogP contribution in [0.5, 0.6) is 0 Å². The third kappa shape index (κ3) is 4.28. The topological polar surface area (TPSA) is 0 Å². The Morgan fingerprint density at radius 3 is 1.29 bits per heavy atom. The summed E-state index contributed by atoms with van der Waals surface area (Å²) in [7, 11) is 0. The maximum Gasteiger partial charge on any atom is 0.460 e. The van der Waals surface area contributed by atoms with E-state index in [2.05, 4.69) is 0 Å². The molecule has 0 aromatic heterocycles. The Morgan fingerprint density at radius 2 is 0.871 bits per heavy atom. The number of hydrogen-bond donors (Lipinski definition) is 0. The Morgan fingerprint density at radius 1 is 0.484 bits per heavy atom. The highest BCUT2D eigenvalue weighted by atomic mass is 19.4. The smallest absolute Gasteiger partial charge is 0.200 e. The molecule has 31 heavy (non-hydrogen) atoms. The van der Waals surface area contributed by atoms with Crippen LogP contribution in [0.25, 0.3) is 0 Å². The van der Waals surface area contributed by atoms with Gasteiger partial charge in [0.2, 0.25) is 0 Å². The first-order valence-corrected chi connectivity index (χ1v) is 7.95. The Balaban J connectivity index is 3.24. The lowest BCUT2D eigenvalue weighted by atomic mass is 9.89. The van der Waals surface area contributed by atoms with Crippen molar-refractivity contribution in [3.63, 3.8) is 0 Å². The molecule has 0 nitrogen and oxygen atoms in total. The van der Waals surface area contributed by atoms with Crippen LogP contribution in [0, 0.1) is 0 Å². The molecule has 0 atom stereocenters. The van der Waals surface area contributed by atoms with Gasteiger partial charge in [-0.2, -0.15) is 65.9 Å². The lowest BCUT2D eigenvalue weighted by molar-refractivity contribution is -0.452. The second kappa shape index (κ2) is 7.94. The minimum atomic E-state index is -8.23. The molecule has 1 aromatic rings. The summed E-state index contributed by atoms with van der Waals surface area (Å²) < 4.78 is 195. The minimum absolute atomic E-state index is 0.204. The number of alkyl halides is 15. The van der Waals surface area contributed by atoms with E-state index in [1.165, 1.54) is 30.3 Å². The number of benzene rings is 1. The van der Waals surface area contributed by atoms with Gasteiger partial charge in [0, 0.05) is 6.42 Å². The van der Waals surface area contributed by atoms with Crippen molar-refractivity contribution >= 4 is 0 Å². The Labute approximate surface area is 164 Å². The summed E-state index contributed by atoms with van der Waals surface area (Å²) in [5.74, 6) is -46.0. The van der Waals surface area contributed by atoms with Crippen LogP contribution in [0.15, 0.2) is 30.3 Å². The molecule has 0 radical (unpaired) electrons. The molecule has 0 spiro atoms. The molecule has 0 N–H and O–H groups in total. The minimum Gasteiger partial charge on any atom is -0.200 e. The zero-order chi connectivity index (χ0) is 24.7. The van der Waals surface area contributed by atoms with Crippen LogP contribution < -0.4 is 0 Å². The maximum absolute atomic E-state index is 13.6. The Hall–Kier alpha value is -1.83. The molecule has 15 heteroatoms. The van der Waals surface area contributed by atoms with Crippen molar-refractivity contribution in [2.75, 3.05) is 0 Å². The van der Waals surface area contributed by atoms with Crippen molar-refractivity contribution in [3.8, 4) is 0 Å². The summed E-state index contributed by atoms with van der Waals surface area (Å²) >= 11 is 0. The Bertz CT molecular complexity index is 733. The van der Waals surface area contributed by atoms with Crippen molar-refractivity contribution in [2.24, 2.45) is 0 Å². The zero-order valence-electron chi connectivity index (χ0n) is 14.7. The molecule has 0 saturated heterocycles. The molecule has 180 valence electrons. The van der Waals surface area contributed by atoms with Crippen LogP contribution in [0.4, 0.5) is 65.9 Å². The van der Waals surface area contributed by atoms with Crippen LogP contribution in [0.1, 0.15) is 18.4 Å². The lowest BCUT2D eigenvalue weighted by Gasteiger charge is -2.41. The van der Waals surface area contributed by atoms with Gasteiger partial charge in [0.05, 0.1) is 0 Å². The largest absolute Gasteiger partial charge is 0.460 e. The average molecular weight is 488 g/mol. The molecule has 0 heterocycles. The van der Waals surface area contributed by atoms with Crippen molar-refractivity contribution in [3.05, 3.63) is 35.9 Å². The van der Waals surface area contributed by atoms with Gasteiger partial charge < -0.3 is 0 Å². The van der Waals surface area contributed by atoms with Crippen molar-refractivity contribution in [1.29, 1.82) is 0 Å². The molecule has 0 aliphatic heterocycles. The van der Waals surface area contributed by atoms with Gasteiger partial charge in [-0.15, -0.1) is 0 Å².